The number of benzene rings is 3. The molecule has 0 aliphatic carbocycles. The van der Waals surface area contributed by atoms with E-state index in [1.165, 1.54) is 6.07 Å². The Balaban J connectivity index is 1.60. The number of hydrogen-bond donors (Lipinski definition) is 2. The maximum absolute atomic E-state index is 13.9. The molecular formula is C24H22FNO4. The van der Waals surface area contributed by atoms with Crippen molar-refractivity contribution < 1.29 is 23.8 Å². The third-order valence-corrected chi connectivity index (χ3v) is 5.21. The first kappa shape index (κ1) is 19.8. The second-order valence-corrected chi connectivity index (χ2v) is 7.16. The van der Waals surface area contributed by atoms with Crippen molar-refractivity contribution >= 4 is 5.91 Å². The summed E-state index contributed by atoms with van der Waals surface area (Å²) >= 11 is 0. The molecule has 6 heteroatoms. The van der Waals surface area contributed by atoms with Crippen molar-refractivity contribution in [2.75, 3.05) is 13.7 Å². The number of nitrogens with one attached hydrogen (secondary N) is 1. The summed E-state index contributed by atoms with van der Waals surface area (Å²) in [4.78, 5) is 12.6. The van der Waals surface area contributed by atoms with E-state index in [1.807, 2.05) is 18.2 Å². The number of amides is 1. The molecule has 1 amide bonds. The molecule has 1 heterocycles. The predicted molar refractivity (Wildman–Crippen MR) is 111 cm³/mol. The molecular weight excluding hydrogens is 385 g/mol. The number of phenols is 1. The molecule has 3 aromatic carbocycles. The Morgan fingerprint density at radius 2 is 2.03 bits per heavy atom. The van der Waals surface area contributed by atoms with Crippen molar-refractivity contribution in [3.63, 3.8) is 0 Å². The Morgan fingerprint density at radius 3 is 2.83 bits per heavy atom. The summed E-state index contributed by atoms with van der Waals surface area (Å²) in [5, 5.41) is 13.3. The van der Waals surface area contributed by atoms with Gasteiger partial charge in [0.05, 0.1) is 26.2 Å². The van der Waals surface area contributed by atoms with Crippen LogP contribution in [0.5, 0.6) is 17.2 Å². The van der Waals surface area contributed by atoms with E-state index in [0.717, 1.165) is 11.1 Å². The first-order valence-electron chi connectivity index (χ1n) is 9.72. The molecule has 5 nitrogen and oxygen atoms in total. The van der Waals surface area contributed by atoms with Crippen LogP contribution in [0, 0.1) is 5.82 Å². The molecule has 3 aromatic rings. The van der Waals surface area contributed by atoms with Crippen molar-refractivity contribution in [2.45, 2.75) is 18.9 Å². The lowest BCUT2D eigenvalue weighted by Gasteiger charge is -2.27. The molecule has 0 fully saturated rings. The molecule has 0 radical (unpaired) electrons. The van der Waals surface area contributed by atoms with Crippen molar-refractivity contribution in [1.82, 2.24) is 5.32 Å². The van der Waals surface area contributed by atoms with E-state index in [2.05, 4.69) is 5.32 Å². The highest BCUT2D eigenvalue weighted by atomic mass is 19.1. The van der Waals surface area contributed by atoms with E-state index in [0.29, 0.717) is 35.7 Å². The highest BCUT2D eigenvalue weighted by Crippen LogP contribution is 2.39. The predicted octanol–water partition coefficient (Wildman–Crippen LogP) is 4.39. The van der Waals surface area contributed by atoms with Crippen LogP contribution in [-0.2, 0) is 11.2 Å². The maximum Gasteiger partial charge on any atom is 0.225 e. The van der Waals surface area contributed by atoms with Gasteiger partial charge in [-0.1, -0.05) is 24.3 Å². The van der Waals surface area contributed by atoms with E-state index in [-0.39, 0.29) is 24.1 Å². The van der Waals surface area contributed by atoms with Crippen LogP contribution in [0.2, 0.25) is 0 Å². The number of halogens is 1. The van der Waals surface area contributed by atoms with Gasteiger partial charge in [-0.25, -0.2) is 4.39 Å². The molecule has 1 aliphatic heterocycles. The second-order valence-electron chi connectivity index (χ2n) is 7.16. The normalized spacial score (nSPS) is 15.1. The van der Waals surface area contributed by atoms with Gasteiger partial charge in [-0.15, -0.1) is 0 Å². The fourth-order valence-electron chi connectivity index (χ4n) is 3.65. The third-order valence-electron chi connectivity index (χ3n) is 5.21. The largest absolute Gasteiger partial charge is 0.507 e. The van der Waals surface area contributed by atoms with Crippen LogP contribution in [-0.4, -0.2) is 24.7 Å². The first-order chi connectivity index (χ1) is 14.5. The molecule has 0 spiro atoms. The van der Waals surface area contributed by atoms with E-state index in [9.17, 15) is 14.3 Å². The van der Waals surface area contributed by atoms with Gasteiger partial charge in [0.25, 0.3) is 0 Å². The van der Waals surface area contributed by atoms with Gasteiger partial charge in [-0.05, 0) is 47.5 Å². The smallest absolute Gasteiger partial charge is 0.225 e. The number of ether oxygens (including phenoxy) is 2. The molecule has 0 saturated heterocycles. The Kier molecular flexibility index (Phi) is 5.57. The fourth-order valence-corrected chi connectivity index (χ4v) is 3.65. The summed E-state index contributed by atoms with van der Waals surface area (Å²) in [5.74, 6) is 0.797. The topological polar surface area (TPSA) is 67.8 Å². The lowest BCUT2D eigenvalue weighted by atomic mass is 9.94. The molecule has 0 saturated carbocycles. The summed E-state index contributed by atoms with van der Waals surface area (Å²) in [6.07, 6.45) is 0.569. The number of carbonyl (C=O) groups is 1. The molecule has 154 valence electrons. The number of carbonyl (C=O) groups excluding carboxylic acids is 1. The van der Waals surface area contributed by atoms with Crippen molar-refractivity contribution in [2.24, 2.45) is 0 Å². The van der Waals surface area contributed by atoms with Crippen LogP contribution >= 0.6 is 0 Å². The highest BCUT2D eigenvalue weighted by molar-refractivity contribution is 5.79. The van der Waals surface area contributed by atoms with Gasteiger partial charge >= 0.3 is 0 Å². The zero-order valence-electron chi connectivity index (χ0n) is 16.5. The van der Waals surface area contributed by atoms with Crippen LogP contribution in [0.25, 0.3) is 11.1 Å². The summed E-state index contributed by atoms with van der Waals surface area (Å²) in [6, 6.07) is 16.6. The van der Waals surface area contributed by atoms with Gasteiger partial charge in [0.15, 0.2) is 0 Å². The van der Waals surface area contributed by atoms with Crippen molar-refractivity contribution in [3.05, 3.63) is 77.6 Å². The Hall–Kier alpha value is -3.54. The van der Waals surface area contributed by atoms with Gasteiger partial charge in [0.2, 0.25) is 5.91 Å². The maximum atomic E-state index is 13.9. The molecule has 30 heavy (non-hydrogen) atoms. The zero-order chi connectivity index (χ0) is 21.1. The Bertz CT molecular complexity index is 1080. The van der Waals surface area contributed by atoms with Crippen molar-refractivity contribution in [1.29, 1.82) is 0 Å². The molecule has 4 rings (SSSR count). The molecule has 2 N–H and O–H groups in total. The molecule has 1 atom stereocenters. The molecule has 0 bridgehead atoms. The van der Waals surface area contributed by atoms with Crippen molar-refractivity contribution in [3.8, 4) is 28.4 Å². The van der Waals surface area contributed by atoms with Crippen LogP contribution < -0.4 is 14.8 Å². The number of hydrogen-bond acceptors (Lipinski definition) is 4. The quantitative estimate of drug-likeness (QED) is 0.658. The lowest BCUT2D eigenvalue weighted by molar-refractivity contribution is -0.121. The van der Waals surface area contributed by atoms with E-state index >= 15 is 0 Å². The van der Waals surface area contributed by atoms with Crippen LogP contribution in [0.1, 0.15) is 23.6 Å². The van der Waals surface area contributed by atoms with E-state index in [1.54, 1.807) is 43.5 Å². The number of rotatable bonds is 5. The van der Waals surface area contributed by atoms with Gasteiger partial charge < -0.3 is 19.9 Å². The van der Waals surface area contributed by atoms with Crippen LogP contribution in [0.4, 0.5) is 4.39 Å². The molecule has 0 aromatic heterocycles. The summed E-state index contributed by atoms with van der Waals surface area (Å²) in [7, 11) is 1.57. The van der Waals surface area contributed by atoms with Crippen LogP contribution in [0.15, 0.2) is 60.7 Å². The number of phenolic OH excluding ortho intramolecular Hbond substituents is 1. The molecule has 1 unspecified atom stereocenters. The summed E-state index contributed by atoms with van der Waals surface area (Å²) < 4.78 is 24.9. The van der Waals surface area contributed by atoms with Gasteiger partial charge in [-0.2, -0.15) is 0 Å². The summed E-state index contributed by atoms with van der Waals surface area (Å²) in [5.41, 5.74) is 2.59. The summed E-state index contributed by atoms with van der Waals surface area (Å²) in [6.45, 7) is 0.474. The van der Waals surface area contributed by atoms with Gasteiger partial charge in [0, 0.05) is 17.5 Å². The number of aromatic hydroxyl groups is 1. The lowest BCUT2D eigenvalue weighted by Crippen LogP contribution is -2.33. The monoisotopic (exact) mass is 407 g/mol. The number of fused-ring (bicyclic) bond motifs is 1. The Morgan fingerprint density at radius 1 is 1.20 bits per heavy atom. The average molecular weight is 407 g/mol. The minimum atomic E-state index is -0.393. The second kappa shape index (κ2) is 8.45. The fraction of sp³-hybridized carbons (Fsp3) is 0.208. The van der Waals surface area contributed by atoms with Gasteiger partial charge in [0.1, 0.15) is 23.1 Å². The van der Waals surface area contributed by atoms with E-state index in [4.69, 9.17) is 9.47 Å². The highest BCUT2D eigenvalue weighted by Gasteiger charge is 2.24. The average Bonchev–Trinajstić information content (AvgIpc) is 2.76. The third kappa shape index (κ3) is 4.08. The SMILES string of the molecule is COc1ccc(O)c(-c2ccc3c(c2)C(NC(=O)Cc2ccccc2F)CCO3)c1. The minimum absolute atomic E-state index is 0.0320. The molecule has 1 aliphatic rings. The minimum Gasteiger partial charge on any atom is -0.507 e. The number of methoxy groups -OCH3 is 1. The first-order valence-corrected chi connectivity index (χ1v) is 9.72. The van der Waals surface area contributed by atoms with E-state index < -0.39 is 5.82 Å². The standard InChI is InChI=1S/C24H22FNO4/c1-29-17-7-8-22(27)18(14-17)15-6-9-23-19(12-15)21(10-11-30-23)26-24(28)13-16-4-2-3-5-20(16)25/h2-9,12,14,21,27H,10-11,13H2,1H3,(H,26,28). The van der Waals surface area contributed by atoms with Gasteiger partial charge in [-0.3, -0.25) is 4.79 Å². The Labute approximate surface area is 174 Å². The zero-order valence-corrected chi connectivity index (χ0v) is 16.5. The van der Waals surface area contributed by atoms with Crippen LogP contribution in [0.3, 0.4) is 0 Å².